The Hall–Kier alpha value is -2.00. The summed E-state index contributed by atoms with van der Waals surface area (Å²) in [6, 6.07) is 3.45. The molecule has 3 N–H and O–H groups in total. The zero-order valence-electron chi connectivity index (χ0n) is 11.5. The number of amides is 1. The summed E-state index contributed by atoms with van der Waals surface area (Å²) in [5, 5.41) is 3.59. The van der Waals surface area contributed by atoms with Gasteiger partial charge in [0, 0.05) is 23.9 Å². The fourth-order valence-corrected chi connectivity index (χ4v) is 3.13. The van der Waals surface area contributed by atoms with Crippen LogP contribution in [0.1, 0.15) is 0 Å². The number of nitrogens with zero attached hydrogens (tertiary/aromatic N) is 2. The van der Waals surface area contributed by atoms with E-state index < -0.39 is 0 Å². The molecule has 0 bridgehead atoms. The molecule has 1 amide bonds. The first kappa shape index (κ1) is 14.9. The van der Waals surface area contributed by atoms with Gasteiger partial charge in [-0.15, -0.1) is 0 Å². The number of benzene rings is 1. The van der Waals surface area contributed by atoms with Gasteiger partial charge in [-0.3, -0.25) is 4.79 Å². The van der Waals surface area contributed by atoms with E-state index in [1.54, 1.807) is 18.3 Å². The van der Waals surface area contributed by atoms with Gasteiger partial charge in [0.15, 0.2) is 5.16 Å². The summed E-state index contributed by atoms with van der Waals surface area (Å²) in [7, 11) is 1.88. The minimum Gasteiger partial charge on any atom is -0.329 e. The molecule has 1 aromatic carbocycles. The highest BCUT2D eigenvalue weighted by molar-refractivity contribution is 9.10. The van der Waals surface area contributed by atoms with E-state index in [1.807, 2.05) is 17.8 Å². The Labute approximate surface area is 137 Å². The largest absolute Gasteiger partial charge is 0.329 e. The highest BCUT2D eigenvalue weighted by Crippen LogP contribution is 2.26. The first-order valence-electron chi connectivity index (χ1n) is 6.34. The van der Waals surface area contributed by atoms with Crippen LogP contribution in [0.2, 0.25) is 0 Å². The summed E-state index contributed by atoms with van der Waals surface area (Å²) in [5.74, 6) is 0.102. The van der Waals surface area contributed by atoms with Crippen LogP contribution in [-0.4, -0.2) is 31.2 Å². The first-order valence-corrected chi connectivity index (χ1v) is 8.12. The topological polar surface area (TPSA) is 95.6 Å². The van der Waals surface area contributed by atoms with Gasteiger partial charge < -0.3 is 19.9 Å². The average Bonchev–Trinajstić information content (AvgIpc) is 3.02. The number of rotatable bonds is 4. The van der Waals surface area contributed by atoms with Gasteiger partial charge in [0.2, 0.25) is 5.91 Å². The lowest BCUT2D eigenvalue weighted by molar-refractivity contribution is -0.113. The molecule has 0 fully saturated rings. The molecule has 22 heavy (non-hydrogen) atoms. The maximum absolute atomic E-state index is 12.0. The minimum absolute atomic E-state index is 0.147. The molecule has 0 radical (unpaired) electrons. The van der Waals surface area contributed by atoms with Crippen molar-refractivity contribution in [1.29, 1.82) is 0 Å². The van der Waals surface area contributed by atoms with Gasteiger partial charge in [-0.1, -0.05) is 11.8 Å². The van der Waals surface area contributed by atoms with E-state index in [0.29, 0.717) is 21.2 Å². The average molecular weight is 382 g/mol. The van der Waals surface area contributed by atoms with E-state index in [1.165, 1.54) is 11.8 Å². The molecule has 0 saturated heterocycles. The SMILES string of the molecule is Cn1ccnc1SCC(=O)Nc1cc2[nH]c(=O)[nH]c2cc1Br. The van der Waals surface area contributed by atoms with E-state index in [-0.39, 0.29) is 17.3 Å². The number of nitrogens with one attached hydrogen (secondary N) is 3. The van der Waals surface area contributed by atoms with Crippen LogP contribution >= 0.6 is 27.7 Å². The van der Waals surface area contributed by atoms with Gasteiger partial charge in [0.25, 0.3) is 0 Å². The molecule has 0 saturated carbocycles. The first-order chi connectivity index (χ1) is 10.5. The van der Waals surface area contributed by atoms with Gasteiger partial charge >= 0.3 is 5.69 Å². The van der Waals surface area contributed by atoms with Crippen molar-refractivity contribution in [2.45, 2.75) is 5.16 Å². The van der Waals surface area contributed by atoms with Crippen molar-refractivity contribution >= 4 is 50.3 Å². The molecule has 3 rings (SSSR count). The second-order valence-electron chi connectivity index (χ2n) is 4.61. The number of aromatic amines is 2. The summed E-state index contributed by atoms with van der Waals surface area (Å²) in [5.41, 5.74) is 1.64. The number of anilines is 1. The Morgan fingerprint density at radius 3 is 2.82 bits per heavy atom. The molecule has 0 aliphatic rings. The second kappa shape index (κ2) is 6.01. The van der Waals surface area contributed by atoms with Crippen LogP contribution in [0.5, 0.6) is 0 Å². The summed E-state index contributed by atoms with van der Waals surface area (Å²) >= 11 is 4.74. The third-order valence-electron chi connectivity index (χ3n) is 2.99. The van der Waals surface area contributed by atoms with Gasteiger partial charge in [-0.2, -0.15) is 0 Å². The number of fused-ring (bicyclic) bond motifs is 1. The van der Waals surface area contributed by atoms with Crippen molar-refractivity contribution in [2.24, 2.45) is 7.05 Å². The Morgan fingerprint density at radius 1 is 1.41 bits per heavy atom. The van der Waals surface area contributed by atoms with Crippen molar-refractivity contribution in [3.63, 3.8) is 0 Å². The molecule has 0 aliphatic carbocycles. The molecule has 0 unspecified atom stereocenters. The van der Waals surface area contributed by atoms with Gasteiger partial charge in [0.05, 0.1) is 22.5 Å². The molecular weight excluding hydrogens is 370 g/mol. The van der Waals surface area contributed by atoms with Crippen molar-refractivity contribution in [3.8, 4) is 0 Å². The number of aromatic nitrogens is 4. The molecule has 114 valence electrons. The third-order valence-corrected chi connectivity index (χ3v) is 4.70. The molecule has 0 atom stereocenters. The lowest BCUT2D eigenvalue weighted by Crippen LogP contribution is -2.14. The van der Waals surface area contributed by atoms with E-state index in [0.717, 1.165) is 5.16 Å². The zero-order chi connectivity index (χ0) is 15.7. The number of carbonyl (C=O) groups is 1. The van der Waals surface area contributed by atoms with Crippen LogP contribution in [0.4, 0.5) is 5.69 Å². The monoisotopic (exact) mass is 381 g/mol. The Balaban J connectivity index is 1.72. The number of carbonyl (C=O) groups excluding carboxylic acids is 1. The Bertz CT molecular complexity index is 897. The number of imidazole rings is 2. The summed E-state index contributed by atoms with van der Waals surface area (Å²) in [6.07, 6.45) is 3.51. The molecule has 3 aromatic rings. The van der Waals surface area contributed by atoms with Gasteiger partial charge in [0.1, 0.15) is 0 Å². The number of hydrogen-bond donors (Lipinski definition) is 3. The third kappa shape index (κ3) is 3.09. The fraction of sp³-hybridized carbons (Fsp3) is 0.154. The number of aryl methyl sites for hydroxylation is 1. The number of halogens is 1. The lowest BCUT2D eigenvalue weighted by atomic mass is 10.3. The summed E-state index contributed by atoms with van der Waals surface area (Å²) in [4.78, 5) is 32.8. The molecule has 2 aromatic heterocycles. The zero-order valence-corrected chi connectivity index (χ0v) is 13.9. The minimum atomic E-state index is -0.282. The second-order valence-corrected chi connectivity index (χ2v) is 6.41. The van der Waals surface area contributed by atoms with Crippen LogP contribution in [-0.2, 0) is 11.8 Å². The predicted octanol–water partition coefficient (Wildman–Crippen LogP) is 2.08. The maximum atomic E-state index is 12.0. The van der Waals surface area contributed by atoms with E-state index >= 15 is 0 Å². The molecule has 7 nitrogen and oxygen atoms in total. The highest BCUT2D eigenvalue weighted by atomic mass is 79.9. The van der Waals surface area contributed by atoms with Crippen LogP contribution in [0.3, 0.4) is 0 Å². The lowest BCUT2D eigenvalue weighted by Gasteiger charge is -2.07. The van der Waals surface area contributed by atoms with Crippen LogP contribution in [0.25, 0.3) is 11.0 Å². The van der Waals surface area contributed by atoms with Crippen molar-refractivity contribution < 1.29 is 4.79 Å². The van der Waals surface area contributed by atoms with Crippen molar-refractivity contribution in [2.75, 3.05) is 11.1 Å². The maximum Gasteiger partial charge on any atom is 0.323 e. The number of H-pyrrole nitrogens is 2. The Kier molecular flexibility index (Phi) is 4.08. The molecule has 9 heteroatoms. The van der Waals surface area contributed by atoms with Crippen LogP contribution in [0, 0.1) is 0 Å². The van der Waals surface area contributed by atoms with Crippen LogP contribution < -0.4 is 11.0 Å². The highest BCUT2D eigenvalue weighted by Gasteiger charge is 2.10. The van der Waals surface area contributed by atoms with E-state index in [2.05, 4.69) is 36.2 Å². The number of hydrogen-bond acceptors (Lipinski definition) is 4. The van der Waals surface area contributed by atoms with Crippen molar-refractivity contribution in [3.05, 3.63) is 39.5 Å². The molecular formula is C13H12BrN5O2S. The smallest absolute Gasteiger partial charge is 0.323 e. The molecule has 0 spiro atoms. The summed E-state index contributed by atoms with van der Waals surface area (Å²) in [6.45, 7) is 0. The normalized spacial score (nSPS) is 11.0. The summed E-state index contributed by atoms with van der Waals surface area (Å²) < 4.78 is 2.55. The van der Waals surface area contributed by atoms with Gasteiger partial charge in [-0.25, -0.2) is 9.78 Å². The van der Waals surface area contributed by atoms with E-state index in [4.69, 9.17) is 0 Å². The van der Waals surface area contributed by atoms with Gasteiger partial charge in [-0.05, 0) is 28.1 Å². The Morgan fingerprint density at radius 2 is 2.14 bits per heavy atom. The molecule has 0 aliphatic heterocycles. The number of thioether (sulfide) groups is 1. The molecule has 2 heterocycles. The standard InChI is InChI=1S/C13H12BrN5O2S/c1-19-3-2-15-13(19)22-6-11(20)16-8-5-10-9(4-7(8)14)17-12(21)18-10/h2-5H,6H2,1H3,(H,16,20)(H2,17,18,21). The van der Waals surface area contributed by atoms with E-state index in [9.17, 15) is 9.59 Å². The van der Waals surface area contributed by atoms with Crippen molar-refractivity contribution in [1.82, 2.24) is 19.5 Å². The van der Waals surface area contributed by atoms with Crippen LogP contribution in [0.15, 0.2) is 39.0 Å². The predicted molar refractivity (Wildman–Crippen MR) is 89.2 cm³/mol. The quantitative estimate of drug-likeness (QED) is 0.602. The fourth-order valence-electron chi connectivity index (χ4n) is 1.96.